The van der Waals surface area contributed by atoms with E-state index in [1.807, 2.05) is 24.3 Å². The molecule has 0 amide bonds. The van der Waals surface area contributed by atoms with Crippen molar-refractivity contribution in [2.24, 2.45) is 0 Å². The first-order valence-corrected chi connectivity index (χ1v) is 11.7. The molecule has 1 heterocycles. The van der Waals surface area contributed by atoms with Crippen molar-refractivity contribution in [1.29, 1.82) is 0 Å². The Balaban J connectivity index is 1.22. The summed E-state index contributed by atoms with van der Waals surface area (Å²) in [5.41, 5.74) is 3.66. The van der Waals surface area contributed by atoms with Crippen LogP contribution < -0.4 is 24.8 Å². The predicted octanol–water partition coefficient (Wildman–Crippen LogP) is 5.58. The molecule has 0 atom stereocenters. The van der Waals surface area contributed by atoms with Gasteiger partial charge in [0.1, 0.15) is 11.6 Å². The molecular weight excluding hydrogens is 434 g/mol. The predicted molar refractivity (Wildman–Crippen MR) is 136 cm³/mol. The van der Waals surface area contributed by atoms with Crippen LogP contribution in [0.3, 0.4) is 0 Å². The van der Waals surface area contributed by atoms with E-state index in [0.29, 0.717) is 5.75 Å². The van der Waals surface area contributed by atoms with Gasteiger partial charge < -0.3 is 24.8 Å². The zero-order chi connectivity index (χ0) is 23.0. The quantitative estimate of drug-likeness (QED) is 0.283. The molecular formula is C26H29N3O3S. The SMILES string of the molecule is COc1ccc(-c2ccc(CNCCCNc3nsc4cc(OC)c(OC)cc34)cc2)cc1. The lowest BCUT2D eigenvalue weighted by molar-refractivity contribution is 0.356. The van der Waals surface area contributed by atoms with E-state index in [4.69, 9.17) is 14.2 Å². The summed E-state index contributed by atoms with van der Waals surface area (Å²) >= 11 is 1.46. The molecule has 0 aliphatic heterocycles. The molecule has 2 N–H and O–H groups in total. The van der Waals surface area contributed by atoms with Gasteiger partial charge in [-0.2, -0.15) is 4.37 Å². The molecule has 0 saturated heterocycles. The molecule has 0 spiro atoms. The lowest BCUT2D eigenvalue weighted by atomic mass is 10.0. The number of nitrogens with one attached hydrogen (secondary N) is 2. The van der Waals surface area contributed by atoms with Gasteiger partial charge in [0.15, 0.2) is 11.5 Å². The molecule has 33 heavy (non-hydrogen) atoms. The second-order valence-electron chi connectivity index (χ2n) is 7.62. The third-order valence-electron chi connectivity index (χ3n) is 5.51. The second-order valence-corrected chi connectivity index (χ2v) is 8.42. The zero-order valence-corrected chi connectivity index (χ0v) is 20.0. The van der Waals surface area contributed by atoms with E-state index in [0.717, 1.165) is 53.5 Å². The van der Waals surface area contributed by atoms with Gasteiger partial charge in [0, 0.05) is 24.5 Å². The summed E-state index contributed by atoms with van der Waals surface area (Å²) in [4.78, 5) is 0. The lowest BCUT2D eigenvalue weighted by Gasteiger charge is -2.09. The maximum atomic E-state index is 5.42. The molecule has 0 saturated carbocycles. The van der Waals surface area contributed by atoms with Crippen molar-refractivity contribution in [2.45, 2.75) is 13.0 Å². The highest BCUT2D eigenvalue weighted by Crippen LogP contribution is 2.37. The van der Waals surface area contributed by atoms with Crippen LogP contribution in [0.4, 0.5) is 5.82 Å². The van der Waals surface area contributed by atoms with Gasteiger partial charge in [-0.15, -0.1) is 0 Å². The fourth-order valence-corrected chi connectivity index (χ4v) is 4.41. The summed E-state index contributed by atoms with van der Waals surface area (Å²) < 4.78 is 21.6. The lowest BCUT2D eigenvalue weighted by Crippen LogP contribution is -2.17. The molecule has 0 aliphatic carbocycles. The Morgan fingerprint density at radius 1 is 0.788 bits per heavy atom. The molecule has 1 aromatic heterocycles. The van der Waals surface area contributed by atoms with Crippen molar-refractivity contribution < 1.29 is 14.2 Å². The molecule has 0 aliphatic rings. The highest BCUT2D eigenvalue weighted by atomic mass is 32.1. The molecule has 3 aromatic carbocycles. The fraction of sp³-hybridized carbons (Fsp3) is 0.269. The maximum absolute atomic E-state index is 5.42. The molecule has 7 heteroatoms. The van der Waals surface area contributed by atoms with Crippen LogP contribution in [0.5, 0.6) is 17.2 Å². The Morgan fingerprint density at radius 2 is 1.45 bits per heavy atom. The second kappa shape index (κ2) is 11.0. The van der Waals surface area contributed by atoms with E-state index in [9.17, 15) is 0 Å². The summed E-state index contributed by atoms with van der Waals surface area (Å²) in [6.45, 7) is 2.61. The van der Waals surface area contributed by atoms with Crippen molar-refractivity contribution in [3.8, 4) is 28.4 Å². The van der Waals surface area contributed by atoms with E-state index >= 15 is 0 Å². The first-order chi connectivity index (χ1) is 16.2. The molecule has 6 nitrogen and oxygen atoms in total. The van der Waals surface area contributed by atoms with Gasteiger partial charge in [-0.25, -0.2) is 0 Å². The Bertz CT molecular complexity index is 1170. The molecule has 0 radical (unpaired) electrons. The van der Waals surface area contributed by atoms with Crippen LogP contribution in [0.1, 0.15) is 12.0 Å². The van der Waals surface area contributed by atoms with E-state index < -0.39 is 0 Å². The number of rotatable bonds is 11. The third kappa shape index (κ3) is 5.56. The minimum Gasteiger partial charge on any atom is -0.497 e. The van der Waals surface area contributed by atoms with Gasteiger partial charge in [-0.3, -0.25) is 0 Å². The number of hydrogen-bond donors (Lipinski definition) is 2. The zero-order valence-electron chi connectivity index (χ0n) is 19.2. The van der Waals surface area contributed by atoms with Crippen LogP contribution in [0.2, 0.25) is 0 Å². The van der Waals surface area contributed by atoms with Gasteiger partial charge in [0.25, 0.3) is 0 Å². The fourth-order valence-electron chi connectivity index (χ4n) is 3.64. The number of hydrogen-bond acceptors (Lipinski definition) is 7. The van der Waals surface area contributed by atoms with E-state index in [1.165, 1.54) is 28.2 Å². The van der Waals surface area contributed by atoms with Crippen LogP contribution in [-0.4, -0.2) is 38.8 Å². The number of benzene rings is 3. The van der Waals surface area contributed by atoms with Gasteiger partial charge in [-0.1, -0.05) is 36.4 Å². The Labute approximate surface area is 198 Å². The summed E-state index contributed by atoms with van der Waals surface area (Å²) in [5.74, 6) is 3.21. The van der Waals surface area contributed by atoms with E-state index in [2.05, 4.69) is 51.4 Å². The average Bonchev–Trinajstić information content (AvgIpc) is 3.27. The van der Waals surface area contributed by atoms with Gasteiger partial charge in [-0.05, 0) is 59.4 Å². The first-order valence-electron chi connectivity index (χ1n) is 10.9. The number of fused-ring (bicyclic) bond motifs is 1. The normalized spacial score (nSPS) is 10.9. The average molecular weight is 464 g/mol. The van der Waals surface area contributed by atoms with Crippen molar-refractivity contribution >= 4 is 27.4 Å². The van der Waals surface area contributed by atoms with Crippen LogP contribution in [0.25, 0.3) is 21.2 Å². The largest absolute Gasteiger partial charge is 0.497 e. The maximum Gasteiger partial charge on any atom is 0.162 e. The highest BCUT2D eigenvalue weighted by Gasteiger charge is 2.12. The number of ether oxygens (including phenoxy) is 3. The van der Waals surface area contributed by atoms with Crippen molar-refractivity contribution in [3.05, 3.63) is 66.2 Å². The minimum atomic E-state index is 0.716. The number of methoxy groups -OCH3 is 3. The van der Waals surface area contributed by atoms with E-state index in [1.54, 1.807) is 21.3 Å². The number of anilines is 1. The smallest absolute Gasteiger partial charge is 0.162 e. The third-order valence-corrected chi connectivity index (χ3v) is 6.31. The van der Waals surface area contributed by atoms with Crippen molar-refractivity contribution in [3.63, 3.8) is 0 Å². The van der Waals surface area contributed by atoms with E-state index in [-0.39, 0.29) is 0 Å². The first kappa shape index (κ1) is 22.9. The molecule has 4 aromatic rings. The topological polar surface area (TPSA) is 64.6 Å². The molecule has 0 fully saturated rings. The highest BCUT2D eigenvalue weighted by molar-refractivity contribution is 7.13. The summed E-state index contributed by atoms with van der Waals surface area (Å²) in [6.07, 6.45) is 0.996. The number of aromatic nitrogens is 1. The van der Waals surface area contributed by atoms with Crippen LogP contribution >= 0.6 is 11.5 Å². The minimum absolute atomic E-state index is 0.716. The Kier molecular flexibility index (Phi) is 7.65. The van der Waals surface area contributed by atoms with Crippen molar-refractivity contribution in [2.75, 3.05) is 39.7 Å². The molecule has 4 rings (SSSR count). The summed E-state index contributed by atoms with van der Waals surface area (Å²) in [6, 6.07) is 20.8. The summed E-state index contributed by atoms with van der Waals surface area (Å²) in [5, 5.41) is 8.02. The van der Waals surface area contributed by atoms with Crippen molar-refractivity contribution in [1.82, 2.24) is 9.69 Å². The molecule has 0 unspecified atom stereocenters. The van der Waals surface area contributed by atoms with Gasteiger partial charge in [0.05, 0.1) is 26.0 Å². The van der Waals surface area contributed by atoms with Gasteiger partial charge >= 0.3 is 0 Å². The standard InChI is InChI=1S/C26H29N3O3S/c1-30-21-11-9-20(10-12-21)19-7-5-18(6-8-19)17-27-13-4-14-28-26-22-15-23(31-2)24(32-3)16-25(22)33-29-26/h5-12,15-16,27H,4,13-14,17H2,1-3H3,(H,28,29). The van der Waals surface area contributed by atoms with Gasteiger partial charge in [0.2, 0.25) is 0 Å². The Morgan fingerprint density at radius 3 is 2.12 bits per heavy atom. The Hall–Kier alpha value is -3.29. The molecule has 172 valence electrons. The summed E-state index contributed by atoms with van der Waals surface area (Å²) in [7, 11) is 4.98. The monoisotopic (exact) mass is 463 g/mol. The van der Waals surface area contributed by atoms with Crippen LogP contribution in [-0.2, 0) is 6.54 Å². The van der Waals surface area contributed by atoms with Crippen LogP contribution in [0, 0.1) is 0 Å². The number of nitrogens with zero attached hydrogens (tertiary/aromatic N) is 1. The molecule has 0 bridgehead atoms. The van der Waals surface area contributed by atoms with Crippen LogP contribution in [0.15, 0.2) is 60.7 Å².